The van der Waals surface area contributed by atoms with Gasteiger partial charge in [-0.15, -0.1) is 0 Å². The summed E-state index contributed by atoms with van der Waals surface area (Å²) in [7, 11) is 0.711. The number of hydrogen-bond donors (Lipinski definition) is 1. The third kappa shape index (κ3) is 9.95. The molecule has 6 aromatic heterocycles. The van der Waals surface area contributed by atoms with Crippen LogP contribution in [0.25, 0.3) is 143 Å². The van der Waals surface area contributed by atoms with Gasteiger partial charge in [0.15, 0.2) is 0 Å². The second-order valence-electron chi connectivity index (χ2n) is 22.6. The van der Waals surface area contributed by atoms with Crippen LogP contribution in [0.4, 0.5) is 0 Å². The number of hydrogen-bond acceptors (Lipinski definition) is 4. The van der Waals surface area contributed by atoms with Crippen molar-refractivity contribution >= 4 is 111 Å². The molecule has 435 valence electrons. The van der Waals surface area contributed by atoms with E-state index in [9.17, 15) is 0 Å². The van der Waals surface area contributed by atoms with Crippen molar-refractivity contribution in [3.8, 4) is 61.9 Å². The third-order valence-electron chi connectivity index (χ3n) is 17.4. The quantitative estimate of drug-likeness (QED) is 0.146. The summed E-state index contributed by atoms with van der Waals surface area (Å²) >= 11 is 3.63. The van der Waals surface area contributed by atoms with E-state index < -0.39 is 0 Å². The SMILES string of the molecule is Brc1cncc2c1c1ccccc1n2-c1ccccc1.O[B]Oc1ccc2c3ccccc3n(-c3ccc(-c4ccccc4)cc3)c2c1.c1ccc(-c2ccc(-n3c4ccccc4c4ccc(-c5cncc6c5c5ccccc5n6-c5ccccc5)cc43)cc2)cc1. The van der Waals surface area contributed by atoms with E-state index >= 15 is 0 Å². The van der Waals surface area contributed by atoms with Gasteiger partial charge in [-0.25, -0.2) is 0 Å². The lowest BCUT2D eigenvalue weighted by Gasteiger charge is -2.11. The van der Waals surface area contributed by atoms with Gasteiger partial charge >= 0.3 is 7.69 Å². The van der Waals surface area contributed by atoms with Gasteiger partial charge in [-0.1, -0.05) is 206 Å². The van der Waals surface area contributed by atoms with Gasteiger partial charge in [0.25, 0.3) is 0 Å². The van der Waals surface area contributed by atoms with Gasteiger partial charge in [0, 0.05) is 94.3 Å². The van der Waals surface area contributed by atoms with E-state index in [4.69, 9.17) is 14.7 Å². The Balaban J connectivity index is 0.000000120. The maximum atomic E-state index is 9.00. The normalized spacial score (nSPS) is 11.4. The van der Waals surface area contributed by atoms with Crippen LogP contribution >= 0.6 is 15.9 Å². The Bertz CT molecular complexity index is 5710. The monoisotopic (exact) mass is 1250 g/mol. The zero-order valence-corrected chi connectivity index (χ0v) is 51.3. The van der Waals surface area contributed by atoms with Crippen molar-refractivity contribution in [1.82, 2.24) is 28.2 Å². The summed E-state index contributed by atoms with van der Waals surface area (Å²) in [4.78, 5) is 9.11. The third-order valence-corrected chi connectivity index (χ3v) is 18.0. The fraction of sp³-hybridized carbons (Fsp3) is 0. The van der Waals surface area contributed by atoms with Crippen molar-refractivity contribution in [3.05, 3.63) is 333 Å². The number of pyridine rings is 2. The molecular weight excluding hydrogens is 1190 g/mol. The van der Waals surface area contributed by atoms with Gasteiger partial charge in [0.05, 0.1) is 56.5 Å². The van der Waals surface area contributed by atoms with E-state index in [2.05, 4.69) is 312 Å². The molecule has 10 heteroatoms. The summed E-state index contributed by atoms with van der Waals surface area (Å²) in [6, 6.07) is 106. The number of fused-ring (bicyclic) bond motifs is 12. The van der Waals surface area contributed by atoms with Crippen molar-refractivity contribution in [2.45, 2.75) is 0 Å². The Hall–Kier alpha value is -11.6. The Morgan fingerprint density at radius 3 is 1.13 bits per heavy atom. The summed E-state index contributed by atoms with van der Waals surface area (Å²) in [5.41, 5.74) is 20.7. The number of rotatable bonds is 9. The number of para-hydroxylation sites is 6. The standard InChI is InChI=1S/C41H27N3.C24H17BNO2.C17H11BrN2/c1-3-11-28(12-4-1)29-19-22-32(23-20-29)43-37-17-9-7-15-33(37)34-24-21-30(25-39(34)43)36-26-42-27-40-41(36)35-16-8-10-18-38(35)44(40)31-13-5-2-6-14-31;27-25-28-20-14-15-22-21-8-4-5-9-23(21)26(24(22)16-20)19-12-10-18(11-13-19)17-6-2-1-3-7-17;18-14-10-19-11-16-17(14)13-8-4-5-9-15(13)20(16)12-6-2-1-3-7-12/h1-27H;1-16,27H;1-11H. The van der Waals surface area contributed by atoms with E-state index in [1.54, 1.807) is 0 Å². The van der Waals surface area contributed by atoms with Gasteiger partial charge in [-0.05, 0) is 135 Å². The highest BCUT2D eigenvalue weighted by molar-refractivity contribution is 9.10. The van der Waals surface area contributed by atoms with Gasteiger partial charge in [0.2, 0.25) is 0 Å². The molecule has 0 bridgehead atoms. The lowest BCUT2D eigenvalue weighted by atomic mass is 10.00. The van der Waals surface area contributed by atoms with E-state index in [0.717, 1.165) is 65.8 Å². The number of benzene rings is 12. The minimum atomic E-state index is 0.597. The summed E-state index contributed by atoms with van der Waals surface area (Å²) in [6.07, 6.45) is 7.79. The predicted molar refractivity (Wildman–Crippen MR) is 385 cm³/mol. The molecule has 0 aliphatic heterocycles. The van der Waals surface area contributed by atoms with Crippen LogP contribution in [0.2, 0.25) is 0 Å². The molecule has 1 radical (unpaired) electrons. The summed E-state index contributed by atoms with van der Waals surface area (Å²) in [5, 5.41) is 18.7. The van der Waals surface area contributed by atoms with E-state index in [-0.39, 0.29) is 0 Å². The zero-order valence-electron chi connectivity index (χ0n) is 49.7. The van der Waals surface area contributed by atoms with Crippen LogP contribution in [-0.2, 0) is 0 Å². The average Bonchev–Trinajstić information content (AvgIpc) is 1.63. The molecule has 0 amide bonds. The second kappa shape index (κ2) is 24.1. The fourth-order valence-electron chi connectivity index (χ4n) is 13.4. The minimum Gasteiger partial charge on any atom is -0.537 e. The average molecular weight is 1250 g/mol. The fourth-order valence-corrected chi connectivity index (χ4v) is 13.9. The molecule has 8 nitrogen and oxygen atoms in total. The van der Waals surface area contributed by atoms with Crippen molar-refractivity contribution in [1.29, 1.82) is 0 Å². The van der Waals surface area contributed by atoms with Crippen LogP contribution in [0.1, 0.15) is 0 Å². The molecular formula is C82H55BBrN6O2. The highest BCUT2D eigenvalue weighted by Crippen LogP contribution is 2.42. The van der Waals surface area contributed by atoms with Crippen LogP contribution in [0.5, 0.6) is 5.75 Å². The van der Waals surface area contributed by atoms with Crippen LogP contribution in [0.15, 0.2) is 333 Å². The molecule has 12 aromatic carbocycles. The van der Waals surface area contributed by atoms with Crippen molar-refractivity contribution in [2.75, 3.05) is 0 Å². The summed E-state index contributed by atoms with van der Waals surface area (Å²) in [6.45, 7) is 0. The van der Waals surface area contributed by atoms with Crippen LogP contribution in [0.3, 0.4) is 0 Å². The van der Waals surface area contributed by atoms with Gasteiger partial charge in [-0.2, -0.15) is 0 Å². The smallest absolute Gasteiger partial charge is 0.537 e. The molecule has 6 heterocycles. The van der Waals surface area contributed by atoms with Crippen molar-refractivity contribution in [2.24, 2.45) is 0 Å². The van der Waals surface area contributed by atoms with E-state index in [1.807, 2.05) is 55.1 Å². The zero-order chi connectivity index (χ0) is 61.5. The van der Waals surface area contributed by atoms with Crippen LogP contribution in [0, 0.1) is 0 Å². The number of nitrogens with zero attached hydrogens (tertiary/aromatic N) is 6. The van der Waals surface area contributed by atoms with Gasteiger partial charge < -0.3 is 27.9 Å². The largest absolute Gasteiger partial charge is 0.569 e. The predicted octanol–water partition coefficient (Wildman–Crippen LogP) is 20.9. The second-order valence-corrected chi connectivity index (χ2v) is 23.5. The molecule has 0 unspecified atom stereocenters. The molecule has 18 aromatic rings. The van der Waals surface area contributed by atoms with Gasteiger partial charge in [0.1, 0.15) is 5.75 Å². The first kappa shape index (κ1) is 55.7. The number of halogens is 1. The van der Waals surface area contributed by atoms with Crippen LogP contribution < -0.4 is 4.65 Å². The molecule has 18 rings (SSSR count). The highest BCUT2D eigenvalue weighted by Gasteiger charge is 2.20. The Labute approximate surface area is 539 Å². The Kier molecular flexibility index (Phi) is 14.6. The van der Waals surface area contributed by atoms with Crippen molar-refractivity contribution < 1.29 is 9.68 Å². The molecule has 0 saturated carbocycles. The molecule has 92 heavy (non-hydrogen) atoms. The molecule has 1 N–H and O–H groups in total. The molecule has 0 saturated heterocycles. The molecule has 0 atom stereocenters. The minimum absolute atomic E-state index is 0.597. The first-order valence-corrected chi connectivity index (χ1v) is 31.4. The maximum Gasteiger partial charge on any atom is 0.569 e. The molecule has 0 spiro atoms. The highest BCUT2D eigenvalue weighted by atomic mass is 79.9. The van der Waals surface area contributed by atoms with E-state index in [0.29, 0.717) is 13.4 Å². The lowest BCUT2D eigenvalue weighted by molar-refractivity contribution is 0.454. The lowest BCUT2D eigenvalue weighted by Crippen LogP contribution is -2.00. The van der Waals surface area contributed by atoms with Crippen molar-refractivity contribution in [3.63, 3.8) is 0 Å². The maximum absolute atomic E-state index is 9.00. The molecule has 0 aliphatic carbocycles. The Morgan fingerprint density at radius 2 is 0.630 bits per heavy atom. The topological polar surface area (TPSA) is 75.0 Å². The summed E-state index contributed by atoms with van der Waals surface area (Å²) in [5.74, 6) is 0.597. The molecule has 0 fully saturated rings. The van der Waals surface area contributed by atoms with Crippen LogP contribution in [-0.4, -0.2) is 40.9 Å². The van der Waals surface area contributed by atoms with E-state index in [1.165, 1.54) is 82.0 Å². The molecule has 0 aliphatic rings. The first-order valence-electron chi connectivity index (χ1n) is 30.6. The number of aromatic nitrogens is 6. The Morgan fingerprint density at radius 1 is 0.283 bits per heavy atom. The first-order chi connectivity index (χ1) is 45.6. The summed E-state index contributed by atoms with van der Waals surface area (Å²) < 4.78 is 15.4. The van der Waals surface area contributed by atoms with Gasteiger partial charge in [-0.3, -0.25) is 9.97 Å².